The van der Waals surface area contributed by atoms with Crippen LogP contribution in [-0.4, -0.2) is 49.7 Å². The molecule has 2 fully saturated rings. The van der Waals surface area contributed by atoms with Gasteiger partial charge in [0.05, 0.1) is 25.8 Å². The van der Waals surface area contributed by atoms with E-state index in [1.807, 2.05) is 18.2 Å². The van der Waals surface area contributed by atoms with Gasteiger partial charge >= 0.3 is 0 Å². The van der Waals surface area contributed by atoms with Gasteiger partial charge in [0.15, 0.2) is 5.96 Å². The van der Waals surface area contributed by atoms with Gasteiger partial charge in [0, 0.05) is 24.2 Å². The van der Waals surface area contributed by atoms with Crippen LogP contribution in [-0.2, 0) is 4.74 Å². The molecule has 0 bridgehead atoms. The van der Waals surface area contributed by atoms with Crippen LogP contribution in [0.25, 0.3) is 0 Å². The van der Waals surface area contributed by atoms with Gasteiger partial charge in [-0.2, -0.15) is 0 Å². The monoisotopic (exact) mass is 492 g/mol. The van der Waals surface area contributed by atoms with Gasteiger partial charge in [-0.25, -0.2) is 0 Å². The number of nitrogens with zero attached hydrogens (tertiary/aromatic N) is 2. The number of hydrogen-bond donors (Lipinski definition) is 2. The van der Waals surface area contributed by atoms with Crippen LogP contribution in [0.4, 0.5) is 0 Å². The average Bonchev–Trinajstić information content (AvgIpc) is 2.65. The average molecular weight is 493 g/mol. The Hall–Kier alpha value is -0.570. The quantitative estimate of drug-likeness (QED) is 0.375. The molecule has 146 valence electrons. The highest BCUT2D eigenvalue weighted by molar-refractivity contribution is 14.0. The Kier molecular flexibility index (Phi) is 9.45. The van der Waals surface area contributed by atoms with E-state index < -0.39 is 0 Å². The van der Waals surface area contributed by atoms with Crippen molar-refractivity contribution < 1.29 is 4.74 Å². The summed E-state index contributed by atoms with van der Waals surface area (Å²) in [6, 6.07) is 8.62. The van der Waals surface area contributed by atoms with E-state index in [2.05, 4.69) is 21.3 Å². The normalized spacial score (nSPS) is 21.0. The molecule has 1 unspecified atom stereocenters. The molecule has 2 aliphatic rings. The first kappa shape index (κ1) is 21.7. The number of benzene rings is 1. The number of aliphatic imine (C=N–C) groups is 1. The van der Waals surface area contributed by atoms with Crippen LogP contribution in [0.3, 0.4) is 0 Å². The van der Waals surface area contributed by atoms with E-state index in [0.717, 1.165) is 36.9 Å². The van der Waals surface area contributed by atoms with Crippen LogP contribution in [0.5, 0.6) is 0 Å². The molecule has 3 N–H and O–H groups in total. The predicted molar refractivity (Wildman–Crippen MR) is 118 cm³/mol. The van der Waals surface area contributed by atoms with E-state index in [4.69, 9.17) is 22.1 Å². The molecule has 1 aromatic rings. The molecule has 1 aromatic carbocycles. The van der Waals surface area contributed by atoms with Gasteiger partial charge in [-0.1, -0.05) is 49.1 Å². The standard InChI is InChI=1S/C19H29ClN4O.HI/c20-17-9-5-4-8-16(17)18(24-10-12-25-13-11-24)14-22-19(21)23-15-6-2-1-3-7-15;/h4-5,8-9,15,18H,1-3,6-7,10-14H2,(H3,21,22,23);1H. The van der Waals surface area contributed by atoms with E-state index in [1.165, 1.54) is 32.1 Å². The molecule has 3 rings (SSSR count). The van der Waals surface area contributed by atoms with E-state index in [9.17, 15) is 0 Å². The lowest BCUT2D eigenvalue weighted by atomic mass is 9.96. The number of morpholine rings is 1. The highest BCUT2D eigenvalue weighted by Crippen LogP contribution is 2.28. The summed E-state index contributed by atoms with van der Waals surface area (Å²) >= 11 is 6.46. The Morgan fingerprint density at radius 2 is 1.92 bits per heavy atom. The van der Waals surface area contributed by atoms with Crippen molar-refractivity contribution in [2.45, 2.75) is 44.2 Å². The number of halogens is 2. The largest absolute Gasteiger partial charge is 0.379 e. The number of rotatable bonds is 5. The third kappa shape index (κ3) is 6.25. The summed E-state index contributed by atoms with van der Waals surface area (Å²) in [5.74, 6) is 0.553. The third-order valence-electron chi connectivity index (χ3n) is 5.14. The van der Waals surface area contributed by atoms with Crippen molar-refractivity contribution in [1.82, 2.24) is 10.2 Å². The van der Waals surface area contributed by atoms with Crippen molar-refractivity contribution in [2.75, 3.05) is 32.8 Å². The minimum Gasteiger partial charge on any atom is -0.379 e. The second kappa shape index (κ2) is 11.3. The van der Waals surface area contributed by atoms with Crippen molar-refractivity contribution in [3.05, 3.63) is 34.9 Å². The van der Waals surface area contributed by atoms with Gasteiger partial charge in [-0.05, 0) is 24.5 Å². The molecule has 1 saturated carbocycles. The summed E-state index contributed by atoms with van der Waals surface area (Å²) in [5, 5.41) is 4.18. The molecule has 0 radical (unpaired) electrons. The van der Waals surface area contributed by atoms with E-state index in [1.54, 1.807) is 0 Å². The maximum atomic E-state index is 6.46. The summed E-state index contributed by atoms with van der Waals surface area (Å²) in [4.78, 5) is 7.04. The van der Waals surface area contributed by atoms with Gasteiger partial charge in [0.2, 0.25) is 0 Å². The van der Waals surface area contributed by atoms with E-state index in [0.29, 0.717) is 18.5 Å². The lowest BCUT2D eigenvalue weighted by Crippen LogP contribution is -2.43. The number of hydrogen-bond acceptors (Lipinski definition) is 3. The van der Waals surface area contributed by atoms with Gasteiger partial charge in [-0.15, -0.1) is 24.0 Å². The van der Waals surface area contributed by atoms with Crippen LogP contribution >= 0.6 is 35.6 Å². The summed E-state index contributed by atoms with van der Waals surface area (Å²) in [6.45, 7) is 3.89. The molecule has 1 heterocycles. The number of guanidine groups is 1. The van der Waals surface area contributed by atoms with Gasteiger partial charge in [-0.3, -0.25) is 9.89 Å². The van der Waals surface area contributed by atoms with Gasteiger partial charge in [0.1, 0.15) is 0 Å². The Morgan fingerprint density at radius 1 is 1.23 bits per heavy atom. The van der Waals surface area contributed by atoms with Gasteiger partial charge < -0.3 is 15.8 Å². The minimum atomic E-state index is 0. The maximum absolute atomic E-state index is 6.46. The number of ether oxygens (including phenoxy) is 1. The first-order chi connectivity index (χ1) is 12.2. The molecule has 1 aliphatic heterocycles. The zero-order chi connectivity index (χ0) is 17.5. The van der Waals surface area contributed by atoms with E-state index >= 15 is 0 Å². The molecule has 0 amide bonds. The van der Waals surface area contributed by atoms with Crippen LogP contribution in [0.15, 0.2) is 29.3 Å². The summed E-state index contributed by atoms with van der Waals surface area (Å²) in [6.07, 6.45) is 6.27. The maximum Gasteiger partial charge on any atom is 0.188 e. The van der Waals surface area contributed by atoms with Crippen molar-refractivity contribution in [1.29, 1.82) is 0 Å². The first-order valence-corrected chi connectivity index (χ1v) is 9.74. The molecular weight excluding hydrogens is 463 g/mol. The third-order valence-corrected chi connectivity index (χ3v) is 5.49. The van der Waals surface area contributed by atoms with Crippen molar-refractivity contribution in [3.63, 3.8) is 0 Å². The number of nitrogens with two attached hydrogens (primary N) is 1. The SMILES string of the molecule is I.NC(=NCC(c1ccccc1Cl)N1CCOCC1)NC1CCCCC1. The molecule has 7 heteroatoms. The highest BCUT2D eigenvalue weighted by atomic mass is 127. The molecule has 1 saturated heterocycles. The fraction of sp³-hybridized carbons (Fsp3) is 0.632. The topological polar surface area (TPSA) is 62.9 Å². The second-order valence-corrected chi connectivity index (χ2v) is 7.30. The summed E-state index contributed by atoms with van der Waals surface area (Å²) in [5.41, 5.74) is 7.27. The zero-order valence-electron chi connectivity index (χ0n) is 15.2. The smallest absolute Gasteiger partial charge is 0.188 e. The molecule has 0 spiro atoms. The van der Waals surface area contributed by atoms with Crippen LogP contribution in [0.1, 0.15) is 43.7 Å². The summed E-state index contributed by atoms with van der Waals surface area (Å²) in [7, 11) is 0. The van der Waals surface area contributed by atoms with Crippen LogP contribution in [0.2, 0.25) is 5.02 Å². The molecular formula is C19H30ClIN4O. The molecule has 0 aromatic heterocycles. The fourth-order valence-corrected chi connectivity index (χ4v) is 3.99. The van der Waals surface area contributed by atoms with Crippen molar-refractivity contribution in [2.24, 2.45) is 10.7 Å². The van der Waals surface area contributed by atoms with E-state index in [-0.39, 0.29) is 30.0 Å². The summed E-state index contributed by atoms with van der Waals surface area (Å²) < 4.78 is 5.49. The zero-order valence-corrected chi connectivity index (χ0v) is 18.3. The predicted octanol–water partition coefficient (Wildman–Crippen LogP) is 3.57. The van der Waals surface area contributed by atoms with Gasteiger partial charge in [0.25, 0.3) is 0 Å². The van der Waals surface area contributed by atoms with Crippen LogP contribution in [0, 0.1) is 0 Å². The van der Waals surface area contributed by atoms with Crippen LogP contribution < -0.4 is 11.1 Å². The second-order valence-electron chi connectivity index (χ2n) is 6.89. The van der Waals surface area contributed by atoms with Crippen molar-refractivity contribution in [3.8, 4) is 0 Å². The molecule has 26 heavy (non-hydrogen) atoms. The highest BCUT2D eigenvalue weighted by Gasteiger charge is 2.24. The van der Waals surface area contributed by atoms with Crippen molar-refractivity contribution >= 4 is 41.5 Å². The Balaban J connectivity index is 0.00000243. The lowest BCUT2D eigenvalue weighted by Gasteiger charge is -2.34. The minimum absolute atomic E-state index is 0. The number of nitrogens with one attached hydrogen (secondary N) is 1. The lowest BCUT2D eigenvalue weighted by molar-refractivity contribution is 0.0180. The Labute approximate surface area is 178 Å². The molecule has 1 aliphatic carbocycles. The fourth-order valence-electron chi connectivity index (χ4n) is 3.73. The Bertz CT molecular complexity index is 574. The molecule has 5 nitrogen and oxygen atoms in total. The first-order valence-electron chi connectivity index (χ1n) is 9.36. The molecule has 1 atom stereocenters. The Morgan fingerprint density at radius 3 is 2.62 bits per heavy atom.